The number of nitrogens with two attached hydrogens (primary N) is 1. The molecule has 2 nitrogen and oxygen atoms in total. The molecule has 0 unspecified atom stereocenters. The van der Waals surface area contributed by atoms with E-state index in [0.717, 1.165) is 0 Å². The number of hydrogen-bond donors (Lipinski definition) is 1. The van der Waals surface area contributed by atoms with Crippen molar-refractivity contribution in [1.29, 1.82) is 0 Å². The Kier molecular flexibility index (Phi) is 3.58. The van der Waals surface area contributed by atoms with Crippen LogP contribution in [0.5, 0.6) is 0 Å². The van der Waals surface area contributed by atoms with Crippen LogP contribution in [0.4, 0.5) is 8.78 Å². The second kappa shape index (κ2) is 4.30. The molecule has 72 valence electrons. The third kappa shape index (κ3) is 2.15. The maximum absolute atomic E-state index is 12.5. The number of alkyl halides is 2. The number of nitrogens with zero attached hydrogens (tertiary/aromatic N) is 1. The third-order valence-electron chi connectivity index (χ3n) is 1.54. The second-order valence-electron chi connectivity index (χ2n) is 2.31. The van der Waals surface area contributed by atoms with Gasteiger partial charge < -0.3 is 5.73 Å². The summed E-state index contributed by atoms with van der Waals surface area (Å²) in [6.45, 7) is 0.0163. The highest BCUT2D eigenvalue weighted by atomic mass is 79.9. The van der Waals surface area contributed by atoms with Gasteiger partial charge in [0.25, 0.3) is 6.43 Å². The van der Waals surface area contributed by atoms with Gasteiger partial charge in [0.05, 0.1) is 4.47 Å². The highest BCUT2D eigenvalue weighted by Crippen LogP contribution is 2.33. The van der Waals surface area contributed by atoms with Gasteiger partial charge in [-0.05, 0) is 21.5 Å². The first-order valence-electron chi connectivity index (χ1n) is 3.39. The van der Waals surface area contributed by atoms with Crippen molar-refractivity contribution in [1.82, 2.24) is 4.98 Å². The average molecular weight is 271 g/mol. The topological polar surface area (TPSA) is 38.9 Å². The first kappa shape index (κ1) is 10.8. The van der Waals surface area contributed by atoms with Gasteiger partial charge in [0, 0.05) is 18.3 Å². The van der Waals surface area contributed by atoms with Gasteiger partial charge in [-0.3, -0.25) is 0 Å². The Balaban J connectivity index is 3.32. The molecule has 0 aromatic carbocycles. The van der Waals surface area contributed by atoms with Crippen LogP contribution >= 0.6 is 27.5 Å². The summed E-state index contributed by atoms with van der Waals surface area (Å²) in [5.74, 6) is 0. The van der Waals surface area contributed by atoms with Crippen LogP contribution in [0.2, 0.25) is 5.15 Å². The van der Waals surface area contributed by atoms with E-state index in [-0.39, 0.29) is 21.7 Å². The highest BCUT2D eigenvalue weighted by molar-refractivity contribution is 9.10. The lowest BCUT2D eigenvalue weighted by molar-refractivity contribution is 0.149. The van der Waals surface area contributed by atoms with Crippen LogP contribution in [0.25, 0.3) is 0 Å². The predicted octanol–water partition coefficient (Wildman–Crippen LogP) is 2.89. The molecule has 6 heteroatoms. The zero-order valence-corrected chi connectivity index (χ0v) is 8.74. The summed E-state index contributed by atoms with van der Waals surface area (Å²) < 4.78 is 25.1. The van der Waals surface area contributed by atoms with Gasteiger partial charge in [-0.15, -0.1) is 0 Å². The normalized spacial score (nSPS) is 10.9. The Hall–Kier alpha value is -0.260. The molecule has 0 saturated heterocycles. The molecule has 0 aliphatic heterocycles. The molecule has 1 heterocycles. The first-order valence-corrected chi connectivity index (χ1v) is 4.56. The maximum Gasteiger partial charge on any atom is 0.265 e. The molecule has 0 saturated carbocycles. The minimum atomic E-state index is -2.60. The van der Waals surface area contributed by atoms with Crippen molar-refractivity contribution in [3.05, 3.63) is 26.9 Å². The van der Waals surface area contributed by atoms with Gasteiger partial charge in [0.15, 0.2) is 0 Å². The van der Waals surface area contributed by atoms with Gasteiger partial charge >= 0.3 is 0 Å². The SMILES string of the molecule is NCc1cnc(Cl)c(Br)c1C(F)F. The molecule has 2 N–H and O–H groups in total. The predicted molar refractivity (Wildman–Crippen MR) is 49.8 cm³/mol. The van der Waals surface area contributed by atoms with Gasteiger partial charge in [0.2, 0.25) is 0 Å². The van der Waals surface area contributed by atoms with E-state index in [2.05, 4.69) is 20.9 Å². The molecule has 0 aliphatic rings. The van der Waals surface area contributed by atoms with E-state index in [1.165, 1.54) is 6.20 Å². The zero-order valence-electron chi connectivity index (χ0n) is 6.40. The number of pyridine rings is 1. The Morgan fingerprint density at radius 2 is 2.23 bits per heavy atom. The zero-order chi connectivity index (χ0) is 10.0. The summed E-state index contributed by atoms with van der Waals surface area (Å²) in [4.78, 5) is 3.70. The molecule has 0 radical (unpaired) electrons. The summed E-state index contributed by atoms with van der Waals surface area (Å²) in [6.07, 6.45) is -1.34. The number of aromatic nitrogens is 1. The Bertz CT molecular complexity index is 320. The number of hydrogen-bond acceptors (Lipinski definition) is 2. The lowest BCUT2D eigenvalue weighted by atomic mass is 10.1. The van der Waals surface area contributed by atoms with E-state index in [1.807, 2.05) is 0 Å². The van der Waals surface area contributed by atoms with Crippen LogP contribution in [0.15, 0.2) is 10.7 Å². The van der Waals surface area contributed by atoms with E-state index in [0.29, 0.717) is 5.56 Å². The number of halogens is 4. The van der Waals surface area contributed by atoms with Gasteiger partial charge in [-0.2, -0.15) is 0 Å². The van der Waals surface area contributed by atoms with E-state index < -0.39 is 6.43 Å². The summed E-state index contributed by atoms with van der Waals surface area (Å²) in [7, 11) is 0. The summed E-state index contributed by atoms with van der Waals surface area (Å²) in [5.41, 5.74) is 5.39. The van der Waals surface area contributed by atoms with Gasteiger partial charge in [-0.1, -0.05) is 11.6 Å². The molecular formula is C7H6BrClF2N2. The van der Waals surface area contributed by atoms with Crippen LogP contribution in [0.3, 0.4) is 0 Å². The molecule has 1 aromatic heterocycles. The van der Waals surface area contributed by atoms with Crippen molar-refractivity contribution in [2.24, 2.45) is 5.73 Å². The van der Waals surface area contributed by atoms with Crippen LogP contribution in [-0.2, 0) is 6.54 Å². The highest BCUT2D eigenvalue weighted by Gasteiger charge is 2.18. The van der Waals surface area contributed by atoms with Crippen molar-refractivity contribution in [3.63, 3.8) is 0 Å². The first-order chi connectivity index (χ1) is 6.07. The lowest BCUT2D eigenvalue weighted by Gasteiger charge is -2.09. The molecule has 0 spiro atoms. The number of rotatable bonds is 2. The Morgan fingerprint density at radius 3 is 2.69 bits per heavy atom. The standard InChI is InChI=1S/C7H6BrClF2N2/c8-5-4(7(10)11)3(1-12)2-13-6(5)9/h2,7H,1,12H2. The molecular weight excluding hydrogens is 265 g/mol. The second-order valence-corrected chi connectivity index (χ2v) is 3.46. The summed E-state index contributed by atoms with van der Waals surface area (Å²) in [5, 5.41) is 0.0208. The monoisotopic (exact) mass is 270 g/mol. The van der Waals surface area contributed by atoms with E-state index in [9.17, 15) is 8.78 Å². The Morgan fingerprint density at radius 1 is 1.62 bits per heavy atom. The maximum atomic E-state index is 12.5. The molecule has 0 fully saturated rings. The van der Waals surface area contributed by atoms with Gasteiger partial charge in [-0.25, -0.2) is 13.8 Å². The van der Waals surface area contributed by atoms with Crippen molar-refractivity contribution in [3.8, 4) is 0 Å². The van der Waals surface area contributed by atoms with Gasteiger partial charge in [0.1, 0.15) is 5.15 Å². The van der Waals surface area contributed by atoms with Crippen LogP contribution < -0.4 is 5.73 Å². The average Bonchev–Trinajstić information content (AvgIpc) is 2.08. The van der Waals surface area contributed by atoms with E-state index in [4.69, 9.17) is 17.3 Å². The smallest absolute Gasteiger partial charge is 0.265 e. The van der Waals surface area contributed by atoms with E-state index in [1.54, 1.807) is 0 Å². The van der Waals surface area contributed by atoms with Crippen molar-refractivity contribution < 1.29 is 8.78 Å². The summed E-state index contributed by atoms with van der Waals surface area (Å²) in [6, 6.07) is 0. The third-order valence-corrected chi connectivity index (χ3v) is 2.85. The van der Waals surface area contributed by atoms with Crippen molar-refractivity contribution in [2.45, 2.75) is 13.0 Å². The molecule has 13 heavy (non-hydrogen) atoms. The van der Waals surface area contributed by atoms with Crippen LogP contribution in [0, 0.1) is 0 Å². The largest absolute Gasteiger partial charge is 0.326 e. The molecule has 0 aliphatic carbocycles. The summed E-state index contributed by atoms with van der Waals surface area (Å²) >= 11 is 8.50. The Labute approximate surface area is 87.2 Å². The molecule has 1 aromatic rings. The molecule has 1 rings (SSSR count). The minimum absolute atomic E-state index is 0.0163. The lowest BCUT2D eigenvalue weighted by Crippen LogP contribution is -2.04. The fraction of sp³-hybridized carbons (Fsp3) is 0.286. The van der Waals surface area contributed by atoms with Crippen LogP contribution in [-0.4, -0.2) is 4.98 Å². The minimum Gasteiger partial charge on any atom is -0.326 e. The van der Waals surface area contributed by atoms with Crippen molar-refractivity contribution in [2.75, 3.05) is 0 Å². The molecule has 0 bridgehead atoms. The quantitative estimate of drug-likeness (QED) is 0.840. The van der Waals surface area contributed by atoms with Crippen LogP contribution in [0.1, 0.15) is 17.6 Å². The molecule has 0 atom stereocenters. The fourth-order valence-electron chi connectivity index (χ4n) is 0.911. The molecule has 0 amide bonds. The fourth-order valence-corrected chi connectivity index (χ4v) is 1.59. The van der Waals surface area contributed by atoms with Crippen molar-refractivity contribution >= 4 is 27.5 Å². The van der Waals surface area contributed by atoms with E-state index >= 15 is 0 Å².